The van der Waals surface area contributed by atoms with Gasteiger partial charge in [-0.15, -0.1) is 5.10 Å². The molecule has 0 radical (unpaired) electrons. The van der Waals surface area contributed by atoms with E-state index in [2.05, 4.69) is 17.2 Å². The Morgan fingerprint density at radius 1 is 1.56 bits per heavy atom. The van der Waals surface area contributed by atoms with Gasteiger partial charge in [-0.2, -0.15) is 0 Å². The van der Waals surface area contributed by atoms with Gasteiger partial charge < -0.3 is 5.73 Å². The maximum absolute atomic E-state index is 5.61. The molecule has 0 bridgehead atoms. The van der Waals surface area contributed by atoms with Gasteiger partial charge in [-0.25, -0.2) is 4.68 Å². The number of nitrogens with zero attached hydrogens (tertiary/aromatic N) is 3. The van der Waals surface area contributed by atoms with Gasteiger partial charge in [-0.1, -0.05) is 43.6 Å². The second kappa shape index (κ2) is 4.91. The summed E-state index contributed by atoms with van der Waals surface area (Å²) in [5.41, 5.74) is 7.39. The SMILES string of the molecule is CCc1c(C(N)=S)nnn1CCC1CCC1. The molecule has 2 rings (SSSR count). The first-order valence-electron chi connectivity index (χ1n) is 5.94. The highest BCUT2D eigenvalue weighted by Crippen LogP contribution is 2.29. The smallest absolute Gasteiger partial charge is 0.143 e. The second-order valence-corrected chi connectivity index (χ2v) is 4.85. The van der Waals surface area contributed by atoms with Crippen molar-refractivity contribution in [1.82, 2.24) is 15.0 Å². The molecule has 2 N–H and O–H groups in total. The molecule has 0 atom stereocenters. The van der Waals surface area contributed by atoms with E-state index in [0.29, 0.717) is 10.7 Å². The Balaban J connectivity index is 2.04. The first kappa shape index (κ1) is 11.5. The molecular formula is C11H18N4S. The van der Waals surface area contributed by atoms with Crippen molar-refractivity contribution in [3.8, 4) is 0 Å². The zero-order valence-corrected chi connectivity index (χ0v) is 10.5. The van der Waals surface area contributed by atoms with Crippen molar-refractivity contribution < 1.29 is 0 Å². The van der Waals surface area contributed by atoms with E-state index in [1.54, 1.807) is 0 Å². The number of rotatable bonds is 5. The molecule has 0 amide bonds. The predicted octanol–water partition coefficient (Wildman–Crippen LogP) is 1.66. The van der Waals surface area contributed by atoms with Crippen LogP contribution in [0.2, 0.25) is 0 Å². The summed E-state index contributed by atoms with van der Waals surface area (Å²) in [5, 5.41) is 8.19. The van der Waals surface area contributed by atoms with Crippen LogP contribution in [0.4, 0.5) is 0 Å². The fourth-order valence-electron chi connectivity index (χ4n) is 2.14. The second-order valence-electron chi connectivity index (χ2n) is 4.41. The normalized spacial score (nSPS) is 16.1. The van der Waals surface area contributed by atoms with E-state index in [9.17, 15) is 0 Å². The van der Waals surface area contributed by atoms with E-state index in [0.717, 1.165) is 24.6 Å². The first-order chi connectivity index (χ1) is 7.72. The monoisotopic (exact) mass is 238 g/mol. The summed E-state index contributed by atoms with van der Waals surface area (Å²) in [6.45, 7) is 3.03. The number of nitrogens with two attached hydrogens (primary N) is 1. The molecule has 0 aliphatic heterocycles. The van der Waals surface area contributed by atoms with Gasteiger partial charge in [0.15, 0.2) is 0 Å². The highest BCUT2D eigenvalue weighted by Gasteiger charge is 2.19. The molecule has 1 aromatic rings. The van der Waals surface area contributed by atoms with Crippen molar-refractivity contribution in [3.05, 3.63) is 11.4 Å². The number of thiocarbonyl (C=S) groups is 1. The van der Waals surface area contributed by atoms with Crippen LogP contribution in [0.3, 0.4) is 0 Å². The average molecular weight is 238 g/mol. The van der Waals surface area contributed by atoms with Crippen LogP contribution < -0.4 is 5.73 Å². The summed E-state index contributed by atoms with van der Waals surface area (Å²) in [6.07, 6.45) is 6.22. The van der Waals surface area contributed by atoms with Crippen molar-refractivity contribution in [2.45, 2.75) is 45.6 Å². The standard InChI is InChI=1S/C11H18N4S/c1-2-9-10(11(12)16)13-14-15(9)7-6-8-4-3-5-8/h8H,2-7H2,1H3,(H2,12,16). The predicted molar refractivity (Wildman–Crippen MR) is 67.2 cm³/mol. The minimum absolute atomic E-state index is 0.353. The molecule has 0 saturated heterocycles. The maximum atomic E-state index is 5.61. The van der Waals surface area contributed by atoms with Crippen LogP contribution in [-0.2, 0) is 13.0 Å². The first-order valence-corrected chi connectivity index (χ1v) is 6.35. The van der Waals surface area contributed by atoms with Gasteiger partial charge in [-0.3, -0.25) is 0 Å². The lowest BCUT2D eigenvalue weighted by Crippen LogP contribution is -2.17. The van der Waals surface area contributed by atoms with Crippen molar-refractivity contribution in [3.63, 3.8) is 0 Å². The highest BCUT2D eigenvalue weighted by molar-refractivity contribution is 7.80. The third-order valence-electron chi connectivity index (χ3n) is 3.38. The number of hydrogen-bond acceptors (Lipinski definition) is 3. The molecule has 1 fully saturated rings. The Bertz CT molecular complexity index is 381. The number of aryl methyl sites for hydroxylation is 1. The molecule has 5 heteroatoms. The Morgan fingerprint density at radius 3 is 2.81 bits per heavy atom. The molecule has 1 aliphatic carbocycles. The molecule has 16 heavy (non-hydrogen) atoms. The minimum Gasteiger partial charge on any atom is -0.388 e. The maximum Gasteiger partial charge on any atom is 0.143 e. The molecule has 0 aromatic carbocycles. The van der Waals surface area contributed by atoms with Gasteiger partial charge in [0, 0.05) is 6.54 Å². The third kappa shape index (κ3) is 2.24. The fraction of sp³-hybridized carbons (Fsp3) is 0.727. The van der Waals surface area contributed by atoms with Crippen molar-refractivity contribution >= 4 is 17.2 Å². The van der Waals surface area contributed by atoms with Crippen LogP contribution >= 0.6 is 12.2 Å². The van der Waals surface area contributed by atoms with Crippen LogP contribution in [0.15, 0.2) is 0 Å². The lowest BCUT2D eigenvalue weighted by molar-refractivity contribution is 0.275. The Morgan fingerprint density at radius 2 is 2.31 bits per heavy atom. The topological polar surface area (TPSA) is 56.7 Å². The average Bonchev–Trinajstić information content (AvgIpc) is 2.58. The van der Waals surface area contributed by atoms with Crippen molar-refractivity contribution in [1.29, 1.82) is 0 Å². The quantitative estimate of drug-likeness (QED) is 0.793. The highest BCUT2D eigenvalue weighted by atomic mass is 32.1. The van der Waals surface area contributed by atoms with Crippen LogP contribution in [0, 0.1) is 5.92 Å². The molecule has 1 heterocycles. The molecule has 0 spiro atoms. The molecule has 4 nitrogen and oxygen atoms in total. The molecule has 88 valence electrons. The van der Waals surface area contributed by atoms with Crippen LogP contribution in [0.25, 0.3) is 0 Å². The molecular weight excluding hydrogens is 220 g/mol. The molecule has 1 saturated carbocycles. The molecule has 1 aromatic heterocycles. The van der Waals surface area contributed by atoms with Gasteiger partial charge in [0.1, 0.15) is 10.7 Å². The van der Waals surface area contributed by atoms with Gasteiger partial charge >= 0.3 is 0 Å². The summed E-state index contributed by atoms with van der Waals surface area (Å²) in [6, 6.07) is 0. The van der Waals surface area contributed by atoms with Crippen LogP contribution in [0.5, 0.6) is 0 Å². The van der Waals surface area contributed by atoms with Gasteiger partial charge in [-0.05, 0) is 18.8 Å². The fourth-order valence-corrected chi connectivity index (χ4v) is 2.30. The summed E-state index contributed by atoms with van der Waals surface area (Å²) < 4.78 is 1.97. The van der Waals surface area contributed by atoms with Crippen molar-refractivity contribution in [2.75, 3.05) is 0 Å². The zero-order valence-electron chi connectivity index (χ0n) is 9.65. The lowest BCUT2D eigenvalue weighted by atomic mass is 9.83. The Hall–Kier alpha value is -0.970. The number of aromatic nitrogens is 3. The van der Waals surface area contributed by atoms with Gasteiger partial charge in [0.2, 0.25) is 0 Å². The Kier molecular flexibility index (Phi) is 3.53. The number of hydrogen-bond donors (Lipinski definition) is 1. The van der Waals surface area contributed by atoms with E-state index < -0.39 is 0 Å². The third-order valence-corrected chi connectivity index (χ3v) is 3.57. The summed E-state index contributed by atoms with van der Waals surface area (Å²) >= 11 is 4.96. The molecule has 1 aliphatic rings. The molecule has 0 unspecified atom stereocenters. The van der Waals surface area contributed by atoms with E-state index in [1.807, 2.05) is 4.68 Å². The largest absolute Gasteiger partial charge is 0.388 e. The van der Waals surface area contributed by atoms with Crippen LogP contribution in [0.1, 0.15) is 44.0 Å². The van der Waals surface area contributed by atoms with E-state index >= 15 is 0 Å². The van der Waals surface area contributed by atoms with Gasteiger partial charge in [0.25, 0.3) is 0 Å². The van der Waals surface area contributed by atoms with E-state index in [1.165, 1.54) is 25.7 Å². The summed E-state index contributed by atoms with van der Waals surface area (Å²) in [5.74, 6) is 0.891. The van der Waals surface area contributed by atoms with Crippen LogP contribution in [-0.4, -0.2) is 20.0 Å². The summed E-state index contributed by atoms with van der Waals surface area (Å²) in [4.78, 5) is 0.353. The lowest BCUT2D eigenvalue weighted by Gasteiger charge is -2.25. The van der Waals surface area contributed by atoms with E-state index in [4.69, 9.17) is 18.0 Å². The zero-order chi connectivity index (χ0) is 11.5. The van der Waals surface area contributed by atoms with Gasteiger partial charge in [0.05, 0.1) is 5.69 Å². The summed E-state index contributed by atoms with van der Waals surface area (Å²) in [7, 11) is 0. The van der Waals surface area contributed by atoms with E-state index in [-0.39, 0.29) is 0 Å². The Labute approximate surface area is 101 Å². The minimum atomic E-state index is 0.353. The van der Waals surface area contributed by atoms with Crippen molar-refractivity contribution in [2.24, 2.45) is 11.7 Å².